The Hall–Kier alpha value is -2.50. The Balaban J connectivity index is 1.47. The molecule has 2 fully saturated rings. The average molecular weight is 368 g/mol. The number of hydrogen-bond acceptors (Lipinski definition) is 4. The molecule has 2 saturated heterocycles. The number of anilines is 1. The van der Waals surface area contributed by atoms with Gasteiger partial charge in [-0.2, -0.15) is 0 Å². The molecule has 0 N–H and O–H groups in total. The van der Waals surface area contributed by atoms with Gasteiger partial charge in [-0.05, 0) is 48.9 Å². The molecule has 0 saturated carbocycles. The molecule has 0 bridgehead atoms. The first-order chi connectivity index (χ1) is 13.1. The van der Waals surface area contributed by atoms with E-state index < -0.39 is 0 Å². The molecule has 2 aliphatic heterocycles. The highest BCUT2D eigenvalue weighted by molar-refractivity contribution is 5.85. The van der Waals surface area contributed by atoms with Gasteiger partial charge in [-0.25, -0.2) is 14.4 Å². The lowest BCUT2D eigenvalue weighted by Crippen LogP contribution is -2.49. The van der Waals surface area contributed by atoms with Crippen molar-refractivity contribution >= 4 is 11.9 Å². The van der Waals surface area contributed by atoms with Crippen LogP contribution in [0.2, 0.25) is 0 Å². The molecule has 4 rings (SSSR count). The summed E-state index contributed by atoms with van der Waals surface area (Å²) in [6.45, 7) is 4.88. The molecule has 6 heteroatoms. The molecule has 1 amide bonds. The highest BCUT2D eigenvalue weighted by atomic mass is 19.1. The summed E-state index contributed by atoms with van der Waals surface area (Å²) in [5.41, 5.74) is 1.74. The fourth-order valence-electron chi connectivity index (χ4n) is 4.23. The number of carbonyl (C=O) groups is 1. The van der Waals surface area contributed by atoms with Crippen molar-refractivity contribution in [3.63, 3.8) is 0 Å². The Morgan fingerprint density at radius 1 is 1.07 bits per heavy atom. The predicted molar refractivity (Wildman–Crippen MR) is 102 cm³/mol. The summed E-state index contributed by atoms with van der Waals surface area (Å²) in [4.78, 5) is 26.3. The molecule has 0 radical (unpaired) electrons. The van der Waals surface area contributed by atoms with Crippen molar-refractivity contribution in [1.29, 1.82) is 0 Å². The van der Waals surface area contributed by atoms with Crippen LogP contribution in [0.25, 0.3) is 0 Å². The smallest absolute Gasteiger partial charge is 0.230 e. The summed E-state index contributed by atoms with van der Waals surface area (Å²) >= 11 is 0. The van der Waals surface area contributed by atoms with E-state index in [4.69, 9.17) is 0 Å². The van der Waals surface area contributed by atoms with Crippen LogP contribution in [0, 0.1) is 11.2 Å². The second-order valence-electron chi connectivity index (χ2n) is 7.65. The lowest BCUT2D eigenvalue weighted by Gasteiger charge is -2.39. The summed E-state index contributed by atoms with van der Waals surface area (Å²) in [7, 11) is 0. The van der Waals surface area contributed by atoms with Crippen molar-refractivity contribution < 1.29 is 9.18 Å². The van der Waals surface area contributed by atoms with Crippen molar-refractivity contribution in [2.45, 2.75) is 39.2 Å². The zero-order valence-electron chi connectivity index (χ0n) is 15.7. The van der Waals surface area contributed by atoms with Gasteiger partial charge in [0.05, 0.1) is 5.41 Å². The first kappa shape index (κ1) is 17.9. The SMILES string of the molecule is CCc1cnc(N2CC[C@@]3(CCCN(Cc4ccc(F)cc4)C3=O)C2)nc1. The van der Waals surface area contributed by atoms with E-state index in [0.29, 0.717) is 19.0 Å². The minimum atomic E-state index is -0.342. The largest absolute Gasteiger partial charge is 0.340 e. The molecule has 2 aliphatic rings. The van der Waals surface area contributed by atoms with Gasteiger partial charge in [0.25, 0.3) is 0 Å². The van der Waals surface area contributed by atoms with Crippen LogP contribution in [0.3, 0.4) is 0 Å². The number of halogens is 1. The molecular formula is C21H25FN4O. The topological polar surface area (TPSA) is 49.3 Å². The van der Waals surface area contributed by atoms with Crippen LogP contribution >= 0.6 is 0 Å². The Labute approximate surface area is 159 Å². The van der Waals surface area contributed by atoms with Gasteiger partial charge in [0, 0.05) is 38.6 Å². The molecule has 142 valence electrons. The Morgan fingerprint density at radius 2 is 1.81 bits per heavy atom. The van der Waals surface area contributed by atoms with E-state index in [-0.39, 0.29) is 17.1 Å². The molecule has 3 heterocycles. The van der Waals surface area contributed by atoms with Gasteiger partial charge in [0.1, 0.15) is 5.82 Å². The number of aryl methyl sites for hydroxylation is 1. The number of carbonyl (C=O) groups excluding carboxylic acids is 1. The minimum Gasteiger partial charge on any atom is -0.340 e. The highest BCUT2D eigenvalue weighted by Crippen LogP contribution is 2.41. The summed E-state index contributed by atoms with van der Waals surface area (Å²) in [6, 6.07) is 6.42. The third-order valence-electron chi connectivity index (χ3n) is 5.85. The molecule has 1 aromatic heterocycles. The van der Waals surface area contributed by atoms with Crippen LogP contribution in [0.1, 0.15) is 37.3 Å². The summed E-state index contributed by atoms with van der Waals surface area (Å²) < 4.78 is 13.1. The molecule has 0 aliphatic carbocycles. The molecule has 0 unspecified atom stereocenters. The number of benzene rings is 1. The second kappa shape index (κ2) is 7.25. The van der Waals surface area contributed by atoms with Crippen LogP contribution < -0.4 is 4.90 Å². The monoisotopic (exact) mass is 368 g/mol. The van der Waals surface area contributed by atoms with Gasteiger partial charge >= 0.3 is 0 Å². The predicted octanol–water partition coefficient (Wildman–Crippen LogP) is 3.20. The molecule has 2 aromatic rings. The van der Waals surface area contributed by atoms with Crippen molar-refractivity contribution in [1.82, 2.24) is 14.9 Å². The maximum absolute atomic E-state index is 13.3. The Bertz CT molecular complexity index is 808. The Kier molecular flexibility index (Phi) is 4.81. The molecule has 1 spiro atoms. The fraction of sp³-hybridized carbons (Fsp3) is 0.476. The molecule has 1 atom stereocenters. The maximum Gasteiger partial charge on any atom is 0.230 e. The minimum absolute atomic E-state index is 0.214. The summed E-state index contributed by atoms with van der Waals surface area (Å²) in [5, 5.41) is 0. The molecular weight excluding hydrogens is 343 g/mol. The second-order valence-corrected chi connectivity index (χ2v) is 7.65. The first-order valence-electron chi connectivity index (χ1n) is 9.69. The maximum atomic E-state index is 13.3. The zero-order chi connectivity index (χ0) is 18.9. The van der Waals surface area contributed by atoms with E-state index in [1.165, 1.54) is 12.1 Å². The number of rotatable bonds is 4. The fourth-order valence-corrected chi connectivity index (χ4v) is 4.23. The summed E-state index contributed by atoms with van der Waals surface area (Å²) in [6.07, 6.45) is 7.41. The standard InChI is InChI=1S/C21H25FN4O/c1-2-16-12-23-20(24-13-16)26-11-9-21(15-26)8-3-10-25(19(21)27)14-17-4-6-18(22)7-5-17/h4-7,12-13H,2-3,8-11,14-15H2,1H3/t21-/m0/s1. The first-order valence-corrected chi connectivity index (χ1v) is 9.69. The number of aromatic nitrogens is 2. The van der Waals surface area contributed by atoms with Crippen LogP contribution in [0.15, 0.2) is 36.7 Å². The van der Waals surface area contributed by atoms with Gasteiger partial charge in [0.15, 0.2) is 0 Å². The number of piperidine rings is 1. The van der Waals surface area contributed by atoms with Gasteiger partial charge in [0.2, 0.25) is 11.9 Å². The van der Waals surface area contributed by atoms with E-state index in [1.54, 1.807) is 12.1 Å². The van der Waals surface area contributed by atoms with E-state index in [1.807, 2.05) is 17.3 Å². The Morgan fingerprint density at radius 3 is 2.52 bits per heavy atom. The van der Waals surface area contributed by atoms with Gasteiger partial charge in [-0.1, -0.05) is 19.1 Å². The number of nitrogens with zero attached hydrogens (tertiary/aromatic N) is 4. The van der Waals surface area contributed by atoms with Crippen LogP contribution in [-0.2, 0) is 17.8 Å². The van der Waals surface area contributed by atoms with E-state index >= 15 is 0 Å². The van der Waals surface area contributed by atoms with Crippen LogP contribution in [0.4, 0.5) is 10.3 Å². The normalized spacial score (nSPS) is 22.7. The lowest BCUT2D eigenvalue weighted by molar-refractivity contribution is -0.145. The summed E-state index contributed by atoms with van der Waals surface area (Å²) in [5.74, 6) is 0.680. The van der Waals surface area contributed by atoms with Gasteiger partial charge < -0.3 is 9.80 Å². The van der Waals surface area contributed by atoms with E-state index in [2.05, 4.69) is 21.8 Å². The highest BCUT2D eigenvalue weighted by Gasteiger charge is 2.48. The van der Waals surface area contributed by atoms with E-state index in [9.17, 15) is 9.18 Å². The van der Waals surface area contributed by atoms with Crippen molar-refractivity contribution in [3.05, 3.63) is 53.6 Å². The van der Waals surface area contributed by atoms with Crippen molar-refractivity contribution in [2.75, 3.05) is 24.5 Å². The third kappa shape index (κ3) is 3.53. The van der Waals surface area contributed by atoms with Gasteiger partial charge in [-0.3, -0.25) is 4.79 Å². The number of likely N-dealkylation sites (tertiary alicyclic amines) is 1. The average Bonchev–Trinajstić information content (AvgIpc) is 3.12. The number of hydrogen-bond donors (Lipinski definition) is 0. The molecule has 5 nitrogen and oxygen atoms in total. The molecule has 27 heavy (non-hydrogen) atoms. The van der Waals surface area contributed by atoms with Crippen LogP contribution in [0.5, 0.6) is 0 Å². The number of amides is 1. The van der Waals surface area contributed by atoms with Crippen molar-refractivity contribution in [2.24, 2.45) is 5.41 Å². The van der Waals surface area contributed by atoms with E-state index in [0.717, 1.165) is 49.9 Å². The van der Waals surface area contributed by atoms with Gasteiger partial charge in [-0.15, -0.1) is 0 Å². The lowest BCUT2D eigenvalue weighted by atomic mass is 9.78. The zero-order valence-corrected chi connectivity index (χ0v) is 15.7. The quantitative estimate of drug-likeness (QED) is 0.832. The van der Waals surface area contributed by atoms with Crippen LogP contribution in [-0.4, -0.2) is 40.4 Å². The molecule has 1 aromatic carbocycles. The third-order valence-corrected chi connectivity index (χ3v) is 5.85. The van der Waals surface area contributed by atoms with Crippen molar-refractivity contribution in [3.8, 4) is 0 Å².